The minimum absolute atomic E-state index is 0.0603. The number of nitrogen functional groups attached to an aromatic ring is 1. The Morgan fingerprint density at radius 3 is 2.75 bits per heavy atom. The van der Waals surface area contributed by atoms with Crippen LogP contribution < -0.4 is 15.8 Å². The molecule has 1 amide bonds. The summed E-state index contributed by atoms with van der Waals surface area (Å²) in [5, 5.41) is 3.00. The van der Waals surface area contributed by atoms with Gasteiger partial charge in [0.2, 0.25) is 5.91 Å². The van der Waals surface area contributed by atoms with Crippen molar-refractivity contribution in [3.63, 3.8) is 0 Å². The molecule has 0 aliphatic heterocycles. The van der Waals surface area contributed by atoms with E-state index in [1.54, 1.807) is 6.07 Å². The molecule has 1 aliphatic carbocycles. The summed E-state index contributed by atoms with van der Waals surface area (Å²) in [4.78, 5) is 11.7. The highest BCUT2D eigenvalue weighted by atomic mass is 16.5. The van der Waals surface area contributed by atoms with E-state index < -0.39 is 0 Å². The van der Waals surface area contributed by atoms with Gasteiger partial charge in [0.15, 0.2) is 0 Å². The minimum atomic E-state index is 0.0603. The predicted octanol–water partition coefficient (Wildman–Crippen LogP) is 2.73. The molecule has 110 valence electrons. The number of rotatable bonds is 6. The van der Waals surface area contributed by atoms with Crippen LogP contribution in [0.3, 0.4) is 0 Å². The lowest BCUT2D eigenvalue weighted by molar-refractivity contribution is -0.121. The molecule has 1 fully saturated rings. The number of nitrogens with one attached hydrogen (secondary N) is 1. The quantitative estimate of drug-likeness (QED) is 0.785. The summed E-state index contributed by atoms with van der Waals surface area (Å²) in [5.41, 5.74) is 6.37. The van der Waals surface area contributed by atoms with Crippen LogP contribution in [-0.2, 0) is 4.79 Å². The maximum atomic E-state index is 11.7. The van der Waals surface area contributed by atoms with Crippen LogP contribution in [0.25, 0.3) is 0 Å². The Bertz CT molecular complexity index is 428. The van der Waals surface area contributed by atoms with E-state index in [1.165, 1.54) is 32.1 Å². The molecule has 0 radical (unpaired) electrons. The number of carbonyl (C=O) groups is 1. The Kier molecular flexibility index (Phi) is 5.71. The molecule has 2 rings (SSSR count). The molecule has 3 N–H and O–H groups in total. The maximum Gasteiger partial charge on any atom is 0.223 e. The maximum absolute atomic E-state index is 11.7. The normalized spacial score (nSPS) is 15.8. The molecular weight excluding hydrogens is 252 g/mol. The Labute approximate surface area is 120 Å². The zero-order valence-electron chi connectivity index (χ0n) is 11.9. The van der Waals surface area contributed by atoms with Crippen molar-refractivity contribution in [2.75, 3.05) is 18.9 Å². The molecule has 4 heteroatoms. The highest BCUT2D eigenvalue weighted by Crippen LogP contribution is 2.22. The fraction of sp³-hybridized carbons (Fsp3) is 0.562. The van der Waals surface area contributed by atoms with E-state index in [1.807, 2.05) is 18.2 Å². The van der Waals surface area contributed by atoms with Crippen molar-refractivity contribution in [3.8, 4) is 5.75 Å². The highest BCUT2D eigenvalue weighted by molar-refractivity contribution is 5.76. The zero-order chi connectivity index (χ0) is 14.2. The summed E-state index contributed by atoms with van der Waals surface area (Å²) in [5.74, 6) is 1.37. The number of amides is 1. The standard InChI is InChI=1S/C16H24N2O2/c17-14-8-4-5-9-15(14)20-11-10-16(19)18-12-13-6-2-1-3-7-13/h4-5,8-9,13H,1-3,6-7,10-12,17H2,(H,18,19). The molecule has 0 heterocycles. The van der Waals surface area contributed by atoms with Crippen molar-refractivity contribution >= 4 is 11.6 Å². The molecule has 1 aromatic rings. The lowest BCUT2D eigenvalue weighted by Crippen LogP contribution is -2.31. The number of anilines is 1. The number of benzene rings is 1. The summed E-state index contributed by atoms with van der Waals surface area (Å²) in [6.45, 7) is 1.18. The van der Waals surface area contributed by atoms with Gasteiger partial charge in [0.05, 0.1) is 18.7 Å². The third kappa shape index (κ3) is 4.76. The molecule has 1 aliphatic rings. The fourth-order valence-electron chi connectivity index (χ4n) is 2.60. The van der Waals surface area contributed by atoms with Crippen LogP contribution >= 0.6 is 0 Å². The van der Waals surface area contributed by atoms with Crippen LogP contribution in [-0.4, -0.2) is 19.1 Å². The second-order valence-corrected chi connectivity index (χ2v) is 5.44. The van der Waals surface area contributed by atoms with Gasteiger partial charge in [0.25, 0.3) is 0 Å². The Balaban J connectivity index is 1.61. The first-order valence-corrected chi connectivity index (χ1v) is 7.49. The smallest absolute Gasteiger partial charge is 0.223 e. The lowest BCUT2D eigenvalue weighted by atomic mass is 9.89. The number of carbonyl (C=O) groups excluding carboxylic acids is 1. The number of hydrogen-bond acceptors (Lipinski definition) is 3. The van der Waals surface area contributed by atoms with Gasteiger partial charge >= 0.3 is 0 Å². The molecule has 1 saturated carbocycles. The lowest BCUT2D eigenvalue weighted by Gasteiger charge is -2.21. The van der Waals surface area contributed by atoms with E-state index >= 15 is 0 Å². The molecule has 0 bridgehead atoms. The Morgan fingerprint density at radius 1 is 1.25 bits per heavy atom. The number of nitrogens with two attached hydrogens (primary N) is 1. The molecule has 20 heavy (non-hydrogen) atoms. The van der Waals surface area contributed by atoms with Gasteiger partial charge in [0, 0.05) is 6.54 Å². The third-order valence-electron chi connectivity index (χ3n) is 3.82. The van der Waals surface area contributed by atoms with Crippen LogP contribution in [0.2, 0.25) is 0 Å². The van der Waals surface area contributed by atoms with Gasteiger partial charge in [0.1, 0.15) is 5.75 Å². The summed E-state index contributed by atoms with van der Waals surface area (Å²) in [6, 6.07) is 7.33. The van der Waals surface area contributed by atoms with Crippen molar-refractivity contribution < 1.29 is 9.53 Å². The summed E-state index contributed by atoms with van der Waals surface area (Å²) in [7, 11) is 0. The summed E-state index contributed by atoms with van der Waals surface area (Å²) in [6.07, 6.45) is 6.82. The number of para-hydroxylation sites is 2. The van der Waals surface area contributed by atoms with E-state index in [-0.39, 0.29) is 5.91 Å². The van der Waals surface area contributed by atoms with Gasteiger partial charge in [-0.3, -0.25) is 4.79 Å². The van der Waals surface area contributed by atoms with E-state index in [2.05, 4.69) is 5.32 Å². The molecule has 0 atom stereocenters. The van der Waals surface area contributed by atoms with Crippen molar-refractivity contribution in [1.29, 1.82) is 0 Å². The molecule has 1 aromatic carbocycles. The van der Waals surface area contributed by atoms with Crippen LogP contribution in [0.4, 0.5) is 5.69 Å². The van der Waals surface area contributed by atoms with Gasteiger partial charge in [-0.2, -0.15) is 0 Å². The Morgan fingerprint density at radius 2 is 2.00 bits per heavy atom. The van der Waals surface area contributed by atoms with E-state index in [9.17, 15) is 4.79 Å². The SMILES string of the molecule is Nc1ccccc1OCCC(=O)NCC1CCCCC1. The zero-order valence-corrected chi connectivity index (χ0v) is 11.9. The summed E-state index contributed by atoms with van der Waals surface area (Å²) < 4.78 is 5.51. The minimum Gasteiger partial charge on any atom is -0.491 e. The first kappa shape index (κ1) is 14.7. The first-order valence-electron chi connectivity index (χ1n) is 7.49. The van der Waals surface area contributed by atoms with E-state index in [0.717, 1.165) is 6.54 Å². The number of ether oxygens (including phenoxy) is 1. The molecule has 4 nitrogen and oxygen atoms in total. The van der Waals surface area contributed by atoms with Crippen LogP contribution in [0.1, 0.15) is 38.5 Å². The van der Waals surface area contributed by atoms with Crippen molar-refractivity contribution in [2.24, 2.45) is 5.92 Å². The molecular formula is C16H24N2O2. The van der Waals surface area contributed by atoms with Gasteiger partial charge in [-0.15, -0.1) is 0 Å². The monoisotopic (exact) mass is 276 g/mol. The largest absolute Gasteiger partial charge is 0.491 e. The van der Waals surface area contributed by atoms with Crippen LogP contribution in [0.15, 0.2) is 24.3 Å². The topological polar surface area (TPSA) is 64.3 Å². The highest BCUT2D eigenvalue weighted by Gasteiger charge is 2.14. The fourth-order valence-corrected chi connectivity index (χ4v) is 2.60. The first-order chi connectivity index (χ1) is 9.75. The molecule has 0 spiro atoms. The van der Waals surface area contributed by atoms with Crippen LogP contribution in [0, 0.1) is 5.92 Å². The Hall–Kier alpha value is -1.71. The van der Waals surface area contributed by atoms with Crippen LogP contribution in [0.5, 0.6) is 5.75 Å². The molecule has 0 saturated heterocycles. The second-order valence-electron chi connectivity index (χ2n) is 5.44. The van der Waals surface area contributed by atoms with E-state index in [0.29, 0.717) is 30.4 Å². The van der Waals surface area contributed by atoms with Gasteiger partial charge < -0.3 is 15.8 Å². The molecule has 0 unspecified atom stereocenters. The summed E-state index contributed by atoms with van der Waals surface area (Å²) >= 11 is 0. The van der Waals surface area contributed by atoms with Gasteiger partial charge in [-0.25, -0.2) is 0 Å². The van der Waals surface area contributed by atoms with Gasteiger partial charge in [-0.05, 0) is 30.9 Å². The van der Waals surface area contributed by atoms with Crippen molar-refractivity contribution in [1.82, 2.24) is 5.32 Å². The van der Waals surface area contributed by atoms with Crippen molar-refractivity contribution in [3.05, 3.63) is 24.3 Å². The third-order valence-corrected chi connectivity index (χ3v) is 3.82. The van der Waals surface area contributed by atoms with Crippen molar-refractivity contribution in [2.45, 2.75) is 38.5 Å². The van der Waals surface area contributed by atoms with E-state index in [4.69, 9.17) is 10.5 Å². The number of hydrogen-bond donors (Lipinski definition) is 2. The average molecular weight is 276 g/mol. The molecule has 0 aromatic heterocycles. The average Bonchev–Trinajstić information content (AvgIpc) is 2.48. The second kappa shape index (κ2) is 7.78. The predicted molar refractivity (Wildman–Crippen MR) is 80.6 cm³/mol. The van der Waals surface area contributed by atoms with Gasteiger partial charge in [-0.1, -0.05) is 31.4 Å².